The van der Waals surface area contributed by atoms with E-state index in [2.05, 4.69) is 10.3 Å². The van der Waals surface area contributed by atoms with E-state index in [4.69, 9.17) is 11.6 Å². The van der Waals surface area contributed by atoms with Crippen molar-refractivity contribution in [3.05, 3.63) is 40.4 Å². The molecule has 1 N–H and O–H groups in total. The number of benzene rings is 1. The molecule has 1 aromatic carbocycles. The largest absolute Gasteiger partial charge is 0.301 e. The maximum Gasteiger partial charge on any atom is 0.243 e. The minimum Gasteiger partial charge on any atom is -0.301 e. The van der Waals surface area contributed by atoms with Gasteiger partial charge in [0.25, 0.3) is 0 Å². The molecule has 2 aromatic rings. The average Bonchev–Trinajstić information content (AvgIpc) is 2.96. The number of nitrogens with zero attached hydrogens (tertiary/aromatic N) is 2. The van der Waals surface area contributed by atoms with Gasteiger partial charge in [-0.15, -0.1) is 11.3 Å². The van der Waals surface area contributed by atoms with Crippen molar-refractivity contribution < 1.29 is 13.2 Å². The fraction of sp³-hybridized carbons (Fsp3) is 0.412. The van der Waals surface area contributed by atoms with Crippen molar-refractivity contribution in [3.63, 3.8) is 0 Å². The highest BCUT2D eigenvalue weighted by Gasteiger charge is 2.27. The van der Waals surface area contributed by atoms with E-state index >= 15 is 0 Å². The van der Waals surface area contributed by atoms with Crippen LogP contribution in [0.4, 0.5) is 5.13 Å². The molecule has 0 fully saturated rings. The first-order valence-corrected chi connectivity index (χ1v) is 10.9. The number of nitrogens with one attached hydrogen (secondary N) is 1. The van der Waals surface area contributed by atoms with Gasteiger partial charge in [-0.25, -0.2) is 13.4 Å². The Kier molecular flexibility index (Phi) is 7.16. The zero-order valence-corrected chi connectivity index (χ0v) is 17.3. The molecule has 142 valence electrons. The Labute approximate surface area is 163 Å². The Bertz CT molecular complexity index is 848. The Balaban J connectivity index is 2.18. The van der Waals surface area contributed by atoms with Crippen LogP contribution in [0.2, 0.25) is 5.02 Å². The van der Waals surface area contributed by atoms with Crippen molar-refractivity contribution in [1.29, 1.82) is 0 Å². The van der Waals surface area contributed by atoms with Crippen molar-refractivity contribution in [2.24, 2.45) is 5.92 Å². The third-order valence-corrected chi connectivity index (χ3v) is 6.58. The molecule has 0 saturated carbocycles. The van der Waals surface area contributed by atoms with Crippen molar-refractivity contribution in [3.8, 4) is 0 Å². The van der Waals surface area contributed by atoms with Crippen molar-refractivity contribution in [2.75, 3.05) is 18.4 Å². The molecular formula is C17H22ClN3O3S2. The predicted octanol–water partition coefficient (Wildman–Crippen LogP) is 3.78. The quantitative estimate of drug-likeness (QED) is 0.711. The second-order valence-corrected chi connectivity index (χ2v) is 9.55. The molecule has 0 bridgehead atoms. The van der Waals surface area contributed by atoms with E-state index in [9.17, 15) is 13.2 Å². The third kappa shape index (κ3) is 5.77. The van der Waals surface area contributed by atoms with E-state index < -0.39 is 15.9 Å². The van der Waals surface area contributed by atoms with Crippen molar-refractivity contribution in [1.82, 2.24) is 9.29 Å². The summed E-state index contributed by atoms with van der Waals surface area (Å²) >= 11 is 7.15. The van der Waals surface area contributed by atoms with Crippen LogP contribution in [0.1, 0.15) is 26.0 Å². The Morgan fingerprint density at radius 2 is 1.96 bits per heavy atom. The van der Waals surface area contributed by atoms with Gasteiger partial charge in [-0.1, -0.05) is 25.4 Å². The zero-order chi connectivity index (χ0) is 19.3. The first-order valence-electron chi connectivity index (χ1n) is 8.16. The lowest BCUT2D eigenvalue weighted by Crippen LogP contribution is -2.39. The van der Waals surface area contributed by atoms with Crippen LogP contribution in [0.5, 0.6) is 0 Å². The van der Waals surface area contributed by atoms with Gasteiger partial charge in [0.15, 0.2) is 5.13 Å². The van der Waals surface area contributed by atoms with E-state index in [-0.39, 0.29) is 18.0 Å². The second-order valence-electron chi connectivity index (χ2n) is 6.32. The van der Waals surface area contributed by atoms with E-state index in [0.29, 0.717) is 22.5 Å². The maximum absolute atomic E-state index is 12.9. The highest BCUT2D eigenvalue weighted by atomic mass is 35.5. The van der Waals surface area contributed by atoms with Gasteiger partial charge in [0.05, 0.1) is 17.1 Å². The van der Waals surface area contributed by atoms with E-state index in [1.165, 1.54) is 39.9 Å². The van der Waals surface area contributed by atoms with E-state index in [1.807, 2.05) is 26.2 Å². The maximum atomic E-state index is 12.9. The molecule has 0 aliphatic heterocycles. The molecule has 2 rings (SSSR count). The SMILES string of the molecule is Cc1csc(NC(=O)CN(CCC(C)C)S(=O)(=O)c2ccc(Cl)cc2)n1. The number of carbonyl (C=O) groups excluding carboxylic acids is 1. The summed E-state index contributed by atoms with van der Waals surface area (Å²) < 4.78 is 27.1. The number of sulfonamides is 1. The standard InChI is InChI=1S/C17H22ClN3O3S2/c1-12(2)8-9-21(10-16(22)20-17-19-13(3)11-25-17)26(23,24)15-6-4-14(18)5-7-15/h4-7,11-12H,8-10H2,1-3H3,(H,19,20,22). The summed E-state index contributed by atoms with van der Waals surface area (Å²) in [5, 5.41) is 5.38. The molecule has 0 aliphatic carbocycles. The predicted molar refractivity (Wildman–Crippen MR) is 105 cm³/mol. The van der Waals surface area contributed by atoms with Gasteiger partial charge in [-0.2, -0.15) is 4.31 Å². The molecule has 9 heteroatoms. The van der Waals surface area contributed by atoms with Gasteiger partial charge >= 0.3 is 0 Å². The number of carbonyl (C=O) groups is 1. The van der Waals surface area contributed by atoms with Crippen LogP contribution in [0.15, 0.2) is 34.5 Å². The number of thiazole rings is 1. The topological polar surface area (TPSA) is 79.4 Å². The highest BCUT2D eigenvalue weighted by Crippen LogP contribution is 2.20. The number of aromatic nitrogens is 1. The Morgan fingerprint density at radius 3 is 2.50 bits per heavy atom. The molecule has 1 amide bonds. The number of rotatable bonds is 8. The van der Waals surface area contributed by atoms with Crippen LogP contribution in [0, 0.1) is 12.8 Å². The average molecular weight is 416 g/mol. The van der Waals surface area contributed by atoms with Gasteiger partial charge in [0.2, 0.25) is 15.9 Å². The monoisotopic (exact) mass is 415 g/mol. The van der Waals surface area contributed by atoms with Crippen molar-refractivity contribution in [2.45, 2.75) is 32.1 Å². The smallest absolute Gasteiger partial charge is 0.243 e. The fourth-order valence-corrected chi connectivity index (χ4v) is 4.41. The summed E-state index contributed by atoms with van der Waals surface area (Å²) in [5.41, 5.74) is 0.802. The lowest BCUT2D eigenvalue weighted by atomic mass is 10.1. The van der Waals surface area contributed by atoms with Crippen LogP contribution in [0.3, 0.4) is 0 Å². The number of hydrogen-bond donors (Lipinski definition) is 1. The molecule has 26 heavy (non-hydrogen) atoms. The van der Waals surface area contributed by atoms with Gasteiger partial charge in [-0.05, 0) is 43.5 Å². The molecular weight excluding hydrogens is 394 g/mol. The molecule has 6 nitrogen and oxygen atoms in total. The summed E-state index contributed by atoms with van der Waals surface area (Å²) in [5.74, 6) is -0.108. The minimum absolute atomic E-state index is 0.114. The first kappa shape index (κ1) is 20.8. The van der Waals surface area contributed by atoms with Crippen LogP contribution >= 0.6 is 22.9 Å². The van der Waals surface area contributed by atoms with E-state index in [1.54, 1.807) is 0 Å². The summed E-state index contributed by atoms with van der Waals surface area (Å²) in [6.45, 7) is 5.83. The lowest BCUT2D eigenvalue weighted by Gasteiger charge is -2.22. The Hall–Kier alpha value is -1.48. The first-order chi connectivity index (χ1) is 12.2. The zero-order valence-electron chi connectivity index (χ0n) is 14.9. The minimum atomic E-state index is -3.80. The third-order valence-electron chi connectivity index (χ3n) is 3.59. The molecule has 1 heterocycles. The van der Waals surface area contributed by atoms with E-state index in [0.717, 1.165) is 5.69 Å². The van der Waals surface area contributed by atoms with Crippen molar-refractivity contribution >= 4 is 44.0 Å². The molecule has 0 unspecified atom stereocenters. The van der Waals surface area contributed by atoms with Gasteiger partial charge in [0, 0.05) is 16.9 Å². The molecule has 0 aliphatic rings. The second kappa shape index (κ2) is 8.94. The number of amides is 1. The number of hydrogen-bond acceptors (Lipinski definition) is 5. The molecule has 0 saturated heterocycles. The number of halogens is 1. The summed E-state index contributed by atoms with van der Waals surface area (Å²) in [6, 6.07) is 5.94. The van der Waals surface area contributed by atoms with Gasteiger partial charge < -0.3 is 5.32 Å². The van der Waals surface area contributed by atoms with Crippen LogP contribution < -0.4 is 5.32 Å². The number of anilines is 1. The molecule has 0 radical (unpaired) electrons. The molecule has 0 atom stereocenters. The lowest BCUT2D eigenvalue weighted by molar-refractivity contribution is -0.116. The van der Waals surface area contributed by atoms with Crippen LogP contribution in [0.25, 0.3) is 0 Å². The van der Waals surface area contributed by atoms with Gasteiger partial charge in [0.1, 0.15) is 0 Å². The molecule has 0 spiro atoms. The highest BCUT2D eigenvalue weighted by molar-refractivity contribution is 7.89. The summed E-state index contributed by atoms with van der Waals surface area (Å²) in [4.78, 5) is 16.6. The summed E-state index contributed by atoms with van der Waals surface area (Å²) in [7, 11) is -3.80. The Morgan fingerprint density at radius 1 is 1.31 bits per heavy atom. The van der Waals surface area contributed by atoms with Crippen LogP contribution in [-0.4, -0.2) is 36.7 Å². The normalized spacial score (nSPS) is 11.9. The summed E-state index contributed by atoms with van der Waals surface area (Å²) in [6.07, 6.45) is 0.649. The fourth-order valence-electron chi connectivity index (χ4n) is 2.17. The molecule has 1 aromatic heterocycles. The van der Waals surface area contributed by atoms with Gasteiger partial charge in [-0.3, -0.25) is 4.79 Å². The number of aryl methyl sites for hydroxylation is 1. The van der Waals surface area contributed by atoms with Crippen LogP contribution in [-0.2, 0) is 14.8 Å².